The first-order valence-corrected chi connectivity index (χ1v) is 8.68. The van der Waals surface area contributed by atoms with Crippen LogP contribution in [0.15, 0.2) is 42.6 Å². The summed E-state index contributed by atoms with van der Waals surface area (Å²) in [6.45, 7) is 2.79. The summed E-state index contributed by atoms with van der Waals surface area (Å²) in [7, 11) is 0. The van der Waals surface area contributed by atoms with E-state index in [2.05, 4.69) is 15.2 Å². The molecule has 5 nitrogen and oxygen atoms in total. The average molecular weight is 340 g/mol. The molecule has 2 aromatic rings. The topological polar surface area (TPSA) is 48.5 Å². The third-order valence-corrected chi connectivity index (χ3v) is 4.96. The van der Waals surface area contributed by atoms with Gasteiger partial charge in [-0.05, 0) is 48.2 Å². The van der Waals surface area contributed by atoms with Gasteiger partial charge in [0.25, 0.3) is 0 Å². The largest absolute Gasteiger partial charge is 0.354 e. The van der Waals surface area contributed by atoms with E-state index in [1.807, 2.05) is 24.3 Å². The Balaban J connectivity index is 1.35. The van der Waals surface area contributed by atoms with Gasteiger partial charge in [-0.1, -0.05) is 12.1 Å². The lowest BCUT2D eigenvalue weighted by atomic mass is 10.00. The molecular formula is C19H21FN4O. The average Bonchev–Trinajstić information content (AvgIpc) is 3.10. The Bertz CT molecular complexity index is 767. The van der Waals surface area contributed by atoms with Crippen LogP contribution in [0.3, 0.4) is 0 Å². The number of nitrogens with one attached hydrogen (secondary N) is 1. The maximum Gasteiger partial charge on any atom is 0.317 e. The number of amides is 2. The number of pyridine rings is 1. The van der Waals surface area contributed by atoms with Crippen molar-refractivity contribution in [3.05, 3.63) is 59.5 Å². The summed E-state index contributed by atoms with van der Waals surface area (Å²) in [5.41, 5.74) is 2.04. The van der Waals surface area contributed by atoms with E-state index in [0.717, 1.165) is 42.9 Å². The van der Waals surface area contributed by atoms with Gasteiger partial charge in [0.05, 0.1) is 0 Å². The molecule has 4 rings (SSSR count). The van der Waals surface area contributed by atoms with Crippen molar-refractivity contribution in [3.8, 4) is 0 Å². The van der Waals surface area contributed by atoms with Crippen LogP contribution in [-0.4, -0.2) is 41.6 Å². The maximum absolute atomic E-state index is 13.4. The van der Waals surface area contributed by atoms with Gasteiger partial charge in [-0.15, -0.1) is 0 Å². The zero-order valence-corrected chi connectivity index (χ0v) is 14.0. The number of nitrogens with zero attached hydrogens (tertiary/aromatic N) is 3. The van der Waals surface area contributed by atoms with E-state index >= 15 is 0 Å². The molecule has 1 aromatic carbocycles. The number of carbonyl (C=O) groups is 1. The molecule has 0 bridgehead atoms. The highest BCUT2D eigenvalue weighted by Crippen LogP contribution is 2.21. The number of benzene rings is 1. The Kier molecular flexibility index (Phi) is 4.26. The fourth-order valence-corrected chi connectivity index (χ4v) is 3.59. The zero-order chi connectivity index (χ0) is 17.2. The van der Waals surface area contributed by atoms with Gasteiger partial charge in [0.2, 0.25) is 0 Å². The van der Waals surface area contributed by atoms with Gasteiger partial charge >= 0.3 is 6.03 Å². The molecule has 3 heterocycles. The summed E-state index contributed by atoms with van der Waals surface area (Å²) >= 11 is 0. The van der Waals surface area contributed by atoms with Gasteiger partial charge < -0.3 is 15.1 Å². The fraction of sp³-hybridized carbons (Fsp3) is 0.368. The molecule has 2 aliphatic heterocycles. The second kappa shape index (κ2) is 6.70. The van der Waals surface area contributed by atoms with Crippen molar-refractivity contribution < 1.29 is 9.18 Å². The highest BCUT2D eigenvalue weighted by Gasteiger charge is 2.27. The molecule has 1 saturated heterocycles. The third kappa shape index (κ3) is 3.43. The van der Waals surface area contributed by atoms with Gasteiger partial charge in [-0.25, -0.2) is 14.2 Å². The molecule has 1 unspecified atom stereocenters. The summed E-state index contributed by atoms with van der Waals surface area (Å²) in [6.07, 6.45) is 3.46. The van der Waals surface area contributed by atoms with Crippen molar-refractivity contribution in [2.75, 3.05) is 24.5 Å². The van der Waals surface area contributed by atoms with Gasteiger partial charge in [-0.3, -0.25) is 0 Å². The van der Waals surface area contributed by atoms with Crippen LogP contribution in [0.5, 0.6) is 0 Å². The molecule has 6 heteroatoms. The van der Waals surface area contributed by atoms with Crippen LogP contribution in [0.2, 0.25) is 0 Å². The summed E-state index contributed by atoms with van der Waals surface area (Å²) in [6, 6.07) is 10.7. The first-order chi connectivity index (χ1) is 12.2. The summed E-state index contributed by atoms with van der Waals surface area (Å²) < 4.78 is 13.4. The maximum atomic E-state index is 13.4. The number of urea groups is 1. The van der Waals surface area contributed by atoms with Gasteiger partial charge in [-0.2, -0.15) is 0 Å². The lowest BCUT2D eigenvalue weighted by Gasteiger charge is -2.30. The number of hydrogen-bond acceptors (Lipinski definition) is 3. The molecule has 1 aromatic heterocycles. The second-order valence-corrected chi connectivity index (χ2v) is 6.65. The van der Waals surface area contributed by atoms with E-state index in [1.54, 1.807) is 11.1 Å². The Hall–Kier alpha value is -2.63. The van der Waals surface area contributed by atoms with Crippen molar-refractivity contribution >= 4 is 11.8 Å². The predicted octanol–water partition coefficient (Wildman–Crippen LogP) is 2.57. The molecular weight excluding hydrogens is 319 g/mol. The molecule has 130 valence electrons. The van der Waals surface area contributed by atoms with Crippen molar-refractivity contribution in [1.29, 1.82) is 0 Å². The number of hydrogen-bond donors (Lipinski definition) is 1. The summed E-state index contributed by atoms with van der Waals surface area (Å²) in [4.78, 5) is 20.9. The lowest BCUT2D eigenvalue weighted by Crippen LogP contribution is -2.47. The van der Waals surface area contributed by atoms with Crippen molar-refractivity contribution in [2.45, 2.75) is 25.4 Å². The first kappa shape index (κ1) is 15.9. The van der Waals surface area contributed by atoms with Crippen LogP contribution < -0.4 is 10.2 Å². The number of rotatable bonds is 2. The lowest BCUT2D eigenvalue weighted by molar-refractivity contribution is 0.189. The van der Waals surface area contributed by atoms with Crippen LogP contribution in [0.1, 0.15) is 17.5 Å². The Morgan fingerprint density at radius 2 is 2.12 bits per heavy atom. The van der Waals surface area contributed by atoms with Crippen LogP contribution in [0.4, 0.5) is 15.0 Å². The molecule has 1 fully saturated rings. The molecule has 25 heavy (non-hydrogen) atoms. The Morgan fingerprint density at radius 1 is 1.20 bits per heavy atom. The Labute approximate surface area is 146 Å². The minimum Gasteiger partial charge on any atom is -0.354 e. The number of carbonyl (C=O) groups excluding carboxylic acids is 1. The molecule has 1 atom stereocenters. The van der Waals surface area contributed by atoms with Crippen LogP contribution in [0.25, 0.3) is 0 Å². The number of anilines is 1. The number of aromatic nitrogens is 1. The van der Waals surface area contributed by atoms with Gasteiger partial charge in [0, 0.05) is 38.4 Å². The molecule has 2 aliphatic rings. The van der Waals surface area contributed by atoms with E-state index in [-0.39, 0.29) is 17.9 Å². The van der Waals surface area contributed by atoms with Crippen LogP contribution >= 0.6 is 0 Å². The monoisotopic (exact) mass is 340 g/mol. The smallest absolute Gasteiger partial charge is 0.317 e. The minimum absolute atomic E-state index is 0.0669. The van der Waals surface area contributed by atoms with E-state index in [1.165, 1.54) is 12.1 Å². The Morgan fingerprint density at radius 3 is 2.96 bits per heavy atom. The van der Waals surface area contributed by atoms with E-state index in [0.29, 0.717) is 13.1 Å². The predicted molar refractivity (Wildman–Crippen MR) is 93.9 cm³/mol. The standard InChI is InChI=1S/C19H21FN4O/c20-16-5-4-14-6-9-24(12-15(14)11-16)19(25)22-17-7-10-23(13-17)18-3-1-2-8-21-18/h1-5,8,11,17H,6-7,9-10,12-13H2,(H,22,25). The molecule has 0 radical (unpaired) electrons. The fourth-order valence-electron chi connectivity index (χ4n) is 3.59. The number of fused-ring (bicyclic) bond motifs is 1. The van der Waals surface area contributed by atoms with Gasteiger partial charge in [0.15, 0.2) is 0 Å². The summed E-state index contributed by atoms with van der Waals surface area (Å²) in [5.74, 6) is 0.699. The second-order valence-electron chi connectivity index (χ2n) is 6.65. The SMILES string of the molecule is O=C(NC1CCN(c2ccccn2)C1)N1CCc2ccc(F)cc2C1. The number of halogens is 1. The van der Waals surface area contributed by atoms with Gasteiger partial charge in [0.1, 0.15) is 11.6 Å². The highest BCUT2D eigenvalue weighted by molar-refractivity contribution is 5.75. The van der Waals surface area contributed by atoms with E-state index < -0.39 is 0 Å². The highest BCUT2D eigenvalue weighted by atomic mass is 19.1. The zero-order valence-electron chi connectivity index (χ0n) is 14.0. The molecule has 0 aliphatic carbocycles. The van der Waals surface area contributed by atoms with E-state index in [9.17, 15) is 9.18 Å². The quantitative estimate of drug-likeness (QED) is 0.914. The minimum atomic E-state index is -0.247. The van der Waals surface area contributed by atoms with Crippen molar-refractivity contribution in [3.63, 3.8) is 0 Å². The van der Waals surface area contributed by atoms with Crippen molar-refractivity contribution in [1.82, 2.24) is 15.2 Å². The van der Waals surface area contributed by atoms with E-state index in [4.69, 9.17) is 0 Å². The van der Waals surface area contributed by atoms with Crippen LogP contribution in [0, 0.1) is 5.82 Å². The molecule has 0 saturated carbocycles. The summed E-state index contributed by atoms with van der Waals surface area (Å²) in [5, 5.41) is 3.12. The molecule has 1 N–H and O–H groups in total. The molecule has 0 spiro atoms. The molecule has 2 amide bonds. The third-order valence-electron chi connectivity index (χ3n) is 4.96. The van der Waals surface area contributed by atoms with Crippen LogP contribution in [-0.2, 0) is 13.0 Å². The first-order valence-electron chi connectivity index (χ1n) is 8.68. The normalized spacial score (nSPS) is 19.6. The van der Waals surface area contributed by atoms with Crippen molar-refractivity contribution in [2.24, 2.45) is 0 Å².